The maximum atomic E-state index is 13.9. The van der Waals surface area contributed by atoms with Crippen LogP contribution in [0.2, 0.25) is 0 Å². The van der Waals surface area contributed by atoms with E-state index in [0.717, 1.165) is 9.13 Å². The van der Waals surface area contributed by atoms with Gasteiger partial charge in [0.2, 0.25) is 0 Å². The Balaban J connectivity index is 1.54. The summed E-state index contributed by atoms with van der Waals surface area (Å²) >= 11 is 6.96. The molecule has 0 unspecified atom stereocenters. The second kappa shape index (κ2) is 14.1. The van der Waals surface area contributed by atoms with E-state index in [0.29, 0.717) is 55.4 Å². The van der Waals surface area contributed by atoms with Crippen molar-refractivity contribution in [1.82, 2.24) is 4.57 Å². The summed E-state index contributed by atoms with van der Waals surface area (Å²) in [6.07, 6.45) is 3.22. The third-order valence-electron chi connectivity index (χ3n) is 6.60. The van der Waals surface area contributed by atoms with Gasteiger partial charge in [0, 0.05) is 6.20 Å². The molecule has 0 spiro atoms. The van der Waals surface area contributed by atoms with Crippen molar-refractivity contribution < 1.29 is 28.1 Å². The molecule has 12 heteroatoms. The number of thiazole rings is 1. The van der Waals surface area contributed by atoms with Crippen molar-refractivity contribution in [3.8, 4) is 17.2 Å². The van der Waals surface area contributed by atoms with Crippen molar-refractivity contribution in [2.75, 3.05) is 20.3 Å². The molecule has 5 rings (SSSR count). The number of benzene rings is 3. The smallest absolute Gasteiger partial charge is 0.337 e. The molecule has 8 nitrogen and oxygen atoms in total. The van der Waals surface area contributed by atoms with Crippen LogP contribution in [-0.2, 0) is 16.1 Å². The van der Waals surface area contributed by atoms with Gasteiger partial charge in [-0.25, -0.2) is 14.2 Å². The van der Waals surface area contributed by atoms with Crippen LogP contribution in [0.5, 0.6) is 17.2 Å². The summed E-state index contributed by atoms with van der Waals surface area (Å²) in [5, 5.41) is 0. The monoisotopic (exact) mass is 792 g/mol. The van der Waals surface area contributed by atoms with Crippen molar-refractivity contribution in [3.63, 3.8) is 0 Å². The molecule has 0 aliphatic carbocycles. The van der Waals surface area contributed by atoms with Gasteiger partial charge >= 0.3 is 5.97 Å². The van der Waals surface area contributed by atoms with Crippen LogP contribution < -0.4 is 29.1 Å². The lowest BCUT2D eigenvalue weighted by Gasteiger charge is -2.23. The van der Waals surface area contributed by atoms with Crippen molar-refractivity contribution in [2.45, 2.75) is 26.5 Å². The summed E-state index contributed by atoms with van der Waals surface area (Å²) in [5.41, 5.74) is 2.02. The summed E-state index contributed by atoms with van der Waals surface area (Å²) in [4.78, 5) is 31.7. The fraction of sp³-hybridized carbons (Fsp3) is 0.219. The molecule has 3 aromatic carbocycles. The first kappa shape index (κ1) is 31.9. The fourth-order valence-corrected chi connectivity index (χ4v) is 7.46. The van der Waals surface area contributed by atoms with Crippen LogP contribution >= 0.6 is 49.9 Å². The molecule has 1 aliphatic rings. The van der Waals surface area contributed by atoms with E-state index in [-0.39, 0.29) is 23.6 Å². The van der Waals surface area contributed by atoms with Gasteiger partial charge in [-0.1, -0.05) is 29.5 Å². The number of aromatic nitrogens is 1. The molecule has 0 amide bonds. The highest BCUT2D eigenvalue weighted by Gasteiger charge is 2.31. The second-order valence-corrected chi connectivity index (χ2v) is 12.5. The molecule has 1 aromatic heterocycles. The SMILES string of the molecule is CCOc1ccc([C@@H]2C(C(=O)OC)=CN=c3s/c(=C\c4cc(Br)c(OCc5cccc(F)c5)c(I)c4)c(=O)n32)cc1OCC. The molecule has 0 saturated heterocycles. The Hall–Kier alpha value is -3.49. The zero-order chi connectivity index (χ0) is 31.4. The van der Waals surface area contributed by atoms with Gasteiger partial charge in [0.05, 0.1) is 44.5 Å². The minimum atomic E-state index is -0.791. The lowest BCUT2D eigenvalue weighted by Crippen LogP contribution is -2.39. The first-order chi connectivity index (χ1) is 21.2. The van der Waals surface area contributed by atoms with E-state index in [1.807, 2.05) is 26.0 Å². The zero-order valence-corrected chi connectivity index (χ0v) is 28.5. The average molecular weight is 793 g/mol. The van der Waals surface area contributed by atoms with Crippen molar-refractivity contribution in [3.05, 3.63) is 117 Å². The van der Waals surface area contributed by atoms with Crippen molar-refractivity contribution in [2.24, 2.45) is 4.99 Å². The van der Waals surface area contributed by atoms with Crippen LogP contribution in [0.25, 0.3) is 6.08 Å². The molecule has 0 saturated carbocycles. The minimum absolute atomic E-state index is 0.198. The number of rotatable bonds is 10. The Labute approximate surface area is 278 Å². The molecule has 0 radical (unpaired) electrons. The van der Waals surface area contributed by atoms with E-state index < -0.39 is 12.0 Å². The molecule has 44 heavy (non-hydrogen) atoms. The van der Waals surface area contributed by atoms with E-state index >= 15 is 0 Å². The van der Waals surface area contributed by atoms with Gasteiger partial charge in [0.1, 0.15) is 18.2 Å². The quantitative estimate of drug-likeness (QED) is 0.147. The number of ether oxygens (including phenoxy) is 4. The van der Waals surface area contributed by atoms with E-state index in [9.17, 15) is 14.0 Å². The van der Waals surface area contributed by atoms with Crippen LogP contribution in [0.1, 0.15) is 36.6 Å². The summed E-state index contributed by atoms with van der Waals surface area (Å²) in [7, 11) is 1.29. The zero-order valence-electron chi connectivity index (χ0n) is 23.9. The van der Waals surface area contributed by atoms with Crippen LogP contribution in [0.3, 0.4) is 0 Å². The summed E-state index contributed by atoms with van der Waals surface area (Å²) in [6.45, 7) is 4.82. The molecule has 0 bridgehead atoms. The molecule has 0 N–H and O–H groups in total. The minimum Gasteiger partial charge on any atom is -0.490 e. The van der Waals surface area contributed by atoms with Gasteiger partial charge < -0.3 is 18.9 Å². The molecular weight excluding hydrogens is 766 g/mol. The van der Waals surface area contributed by atoms with Gasteiger partial charge in [-0.3, -0.25) is 9.36 Å². The lowest BCUT2D eigenvalue weighted by atomic mass is 9.97. The maximum absolute atomic E-state index is 13.9. The number of halogens is 3. The standard InChI is InChI=1S/C32H27BrFIN2O6S/c1-4-41-25-10-9-20(15-26(25)42-5-2)28-22(31(39)40-3)16-36-32-37(28)30(38)27(44-32)14-19-12-23(33)29(24(35)13-19)43-17-18-7-6-8-21(34)11-18/h6-16,28H,4-5,17H2,1-3H3/b27-14-/t28-/m1/s1. The lowest BCUT2D eigenvalue weighted by molar-refractivity contribution is -0.136. The Kier molecular flexibility index (Phi) is 10.2. The Morgan fingerprint density at radius 1 is 1.09 bits per heavy atom. The number of esters is 1. The highest BCUT2D eigenvalue weighted by molar-refractivity contribution is 14.1. The molecule has 228 valence electrons. The molecule has 2 heterocycles. The maximum Gasteiger partial charge on any atom is 0.337 e. The number of methoxy groups -OCH3 is 1. The molecule has 1 aliphatic heterocycles. The van der Waals surface area contributed by atoms with Gasteiger partial charge in [0.15, 0.2) is 16.3 Å². The first-order valence-electron chi connectivity index (χ1n) is 13.6. The van der Waals surface area contributed by atoms with Crippen molar-refractivity contribution >= 4 is 61.9 Å². The van der Waals surface area contributed by atoms with Gasteiger partial charge in [-0.15, -0.1) is 0 Å². The highest BCUT2D eigenvalue weighted by atomic mass is 127. The van der Waals surface area contributed by atoms with E-state index in [4.69, 9.17) is 18.9 Å². The summed E-state index contributed by atoms with van der Waals surface area (Å²) in [6, 6.07) is 14.5. The average Bonchev–Trinajstić information content (AvgIpc) is 3.31. The predicted molar refractivity (Wildman–Crippen MR) is 178 cm³/mol. The third kappa shape index (κ3) is 6.76. The number of hydrogen-bond donors (Lipinski definition) is 0. The summed E-state index contributed by atoms with van der Waals surface area (Å²) in [5.74, 6) is 0.769. The van der Waals surface area contributed by atoms with E-state index in [2.05, 4.69) is 43.5 Å². The number of fused-ring (bicyclic) bond motifs is 1. The van der Waals surface area contributed by atoms with Crippen LogP contribution in [0.4, 0.5) is 4.39 Å². The number of hydrogen-bond acceptors (Lipinski definition) is 8. The highest BCUT2D eigenvalue weighted by Crippen LogP contribution is 2.35. The van der Waals surface area contributed by atoms with E-state index in [1.54, 1.807) is 36.4 Å². The van der Waals surface area contributed by atoms with Crippen LogP contribution in [0, 0.1) is 9.39 Å². The Bertz CT molecular complexity index is 1920. The van der Waals surface area contributed by atoms with Gasteiger partial charge in [-0.2, -0.15) is 0 Å². The number of carbonyl (C=O) groups excluding carboxylic acids is 1. The molecular formula is C32H27BrFIN2O6S. The fourth-order valence-electron chi connectivity index (χ4n) is 4.72. The van der Waals surface area contributed by atoms with Crippen molar-refractivity contribution in [1.29, 1.82) is 0 Å². The number of nitrogens with zero attached hydrogens (tertiary/aromatic N) is 2. The molecule has 1 atom stereocenters. The Morgan fingerprint density at radius 2 is 1.86 bits per heavy atom. The third-order valence-corrected chi connectivity index (χ3v) is 8.99. The largest absolute Gasteiger partial charge is 0.490 e. The molecule has 4 aromatic rings. The van der Waals surface area contributed by atoms with Crippen LogP contribution in [-0.4, -0.2) is 30.9 Å². The van der Waals surface area contributed by atoms with Crippen LogP contribution in [0.15, 0.2) is 80.6 Å². The van der Waals surface area contributed by atoms with Gasteiger partial charge in [0.25, 0.3) is 5.56 Å². The molecule has 0 fully saturated rings. The number of carbonyl (C=O) groups is 1. The predicted octanol–water partition coefficient (Wildman–Crippen LogP) is 5.90. The van der Waals surface area contributed by atoms with Gasteiger partial charge in [-0.05, 0) is 112 Å². The normalized spacial score (nSPS) is 14.4. The Morgan fingerprint density at radius 3 is 2.57 bits per heavy atom. The summed E-state index contributed by atoms with van der Waals surface area (Å²) < 4.78 is 39.6. The van der Waals surface area contributed by atoms with E-state index in [1.165, 1.54) is 41.3 Å². The first-order valence-corrected chi connectivity index (χ1v) is 16.3. The second-order valence-electron chi connectivity index (χ2n) is 9.48. The topological polar surface area (TPSA) is 88.4 Å².